The van der Waals surface area contributed by atoms with Crippen molar-refractivity contribution in [3.05, 3.63) is 0 Å². The van der Waals surface area contributed by atoms with Gasteiger partial charge in [-0.05, 0) is 38.5 Å². The molecule has 1 unspecified atom stereocenters. The molecule has 0 aromatic rings. The summed E-state index contributed by atoms with van der Waals surface area (Å²) in [4.78, 5) is 13.6. The molecular formula is C13H21F2NO3S. The summed E-state index contributed by atoms with van der Waals surface area (Å²) >= 11 is 0. The maximum absolute atomic E-state index is 12.7. The molecular weight excluding hydrogens is 288 g/mol. The molecule has 1 saturated carbocycles. The summed E-state index contributed by atoms with van der Waals surface area (Å²) in [6.07, 6.45) is 0.936. The van der Waals surface area contributed by atoms with Gasteiger partial charge in [0.25, 0.3) is 6.43 Å². The minimum atomic E-state index is -3.53. The van der Waals surface area contributed by atoms with Crippen LogP contribution in [-0.4, -0.2) is 49.2 Å². The standard InChI is InChI=1S/C13H21F2NO3S/c1-13(6-3-7-20(13,18)19)12(17)16(9-11(14)15)8-10-4-2-5-10/h10-11H,2-9H2,1H3. The monoisotopic (exact) mass is 309 g/mol. The number of halogens is 2. The highest BCUT2D eigenvalue weighted by atomic mass is 32.2. The fraction of sp³-hybridized carbons (Fsp3) is 0.923. The van der Waals surface area contributed by atoms with Gasteiger partial charge >= 0.3 is 0 Å². The van der Waals surface area contributed by atoms with Crippen LogP contribution in [0.2, 0.25) is 0 Å². The number of sulfone groups is 1. The third-order valence-corrected chi connectivity index (χ3v) is 7.13. The van der Waals surface area contributed by atoms with Crippen LogP contribution in [0.5, 0.6) is 0 Å². The fourth-order valence-electron chi connectivity index (χ4n) is 2.95. The van der Waals surface area contributed by atoms with Crippen molar-refractivity contribution in [2.24, 2.45) is 5.92 Å². The quantitative estimate of drug-likeness (QED) is 0.779. The molecule has 1 amide bonds. The van der Waals surface area contributed by atoms with E-state index in [1.165, 1.54) is 6.92 Å². The summed E-state index contributed by atoms with van der Waals surface area (Å²) in [5.41, 5.74) is 0. The van der Waals surface area contributed by atoms with Gasteiger partial charge in [0, 0.05) is 6.54 Å². The molecule has 1 saturated heterocycles. The van der Waals surface area contributed by atoms with Crippen LogP contribution in [0, 0.1) is 5.92 Å². The van der Waals surface area contributed by atoms with Gasteiger partial charge in [-0.2, -0.15) is 0 Å². The van der Waals surface area contributed by atoms with Crippen molar-refractivity contribution < 1.29 is 22.0 Å². The summed E-state index contributed by atoms with van der Waals surface area (Å²) < 4.78 is 47.9. The largest absolute Gasteiger partial charge is 0.335 e. The Labute approximate surface area is 118 Å². The zero-order valence-corrected chi connectivity index (χ0v) is 12.5. The third kappa shape index (κ3) is 2.82. The third-order valence-electron chi connectivity index (χ3n) is 4.55. The molecule has 1 aliphatic carbocycles. The molecule has 1 atom stereocenters. The van der Waals surface area contributed by atoms with E-state index in [-0.39, 0.29) is 24.6 Å². The highest BCUT2D eigenvalue weighted by molar-refractivity contribution is 7.93. The maximum Gasteiger partial charge on any atom is 0.255 e. The van der Waals surface area contributed by atoms with Gasteiger partial charge < -0.3 is 4.90 Å². The lowest BCUT2D eigenvalue weighted by Crippen LogP contribution is -2.52. The molecule has 2 aliphatic rings. The van der Waals surface area contributed by atoms with Gasteiger partial charge in [-0.3, -0.25) is 4.79 Å². The van der Waals surface area contributed by atoms with Gasteiger partial charge in [0.05, 0.1) is 12.3 Å². The Balaban J connectivity index is 2.16. The Bertz CT molecular complexity index is 476. The van der Waals surface area contributed by atoms with Crippen molar-refractivity contribution in [3.8, 4) is 0 Å². The van der Waals surface area contributed by atoms with Crippen LogP contribution in [0.3, 0.4) is 0 Å². The minimum Gasteiger partial charge on any atom is -0.335 e. The van der Waals surface area contributed by atoms with Gasteiger partial charge in [0.1, 0.15) is 4.75 Å². The second-order valence-electron chi connectivity index (χ2n) is 6.05. The SMILES string of the molecule is CC1(C(=O)N(CC(F)F)CC2CCC2)CCCS1(=O)=O. The predicted octanol–water partition coefficient (Wildman–Crippen LogP) is 1.85. The number of hydrogen-bond acceptors (Lipinski definition) is 3. The smallest absolute Gasteiger partial charge is 0.255 e. The van der Waals surface area contributed by atoms with Gasteiger partial charge in [-0.15, -0.1) is 0 Å². The van der Waals surface area contributed by atoms with Crippen molar-refractivity contribution in [1.29, 1.82) is 0 Å². The molecule has 1 aliphatic heterocycles. The highest BCUT2D eigenvalue weighted by Crippen LogP contribution is 2.35. The lowest BCUT2D eigenvalue weighted by Gasteiger charge is -2.36. The van der Waals surface area contributed by atoms with E-state index in [0.29, 0.717) is 6.42 Å². The number of carbonyl (C=O) groups excluding carboxylic acids is 1. The summed E-state index contributed by atoms with van der Waals surface area (Å²) in [5, 5.41) is 0. The number of hydrogen-bond donors (Lipinski definition) is 0. The Morgan fingerprint density at radius 3 is 2.40 bits per heavy atom. The van der Waals surface area contributed by atoms with Crippen molar-refractivity contribution >= 4 is 15.7 Å². The Morgan fingerprint density at radius 2 is 2.00 bits per heavy atom. The van der Waals surface area contributed by atoms with Crippen molar-refractivity contribution in [2.45, 2.75) is 50.2 Å². The van der Waals surface area contributed by atoms with Crippen molar-refractivity contribution in [3.63, 3.8) is 0 Å². The molecule has 0 aromatic heterocycles. The number of alkyl halides is 2. The van der Waals surface area contributed by atoms with Crippen LogP contribution in [0.25, 0.3) is 0 Å². The van der Waals surface area contributed by atoms with Gasteiger partial charge in [-0.25, -0.2) is 17.2 Å². The first kappa shape index (κ1) is 15.7. The number of amides is 1. The van der Waals surface area contributed by atoms with Crippen LogP contribution in [0.15, 0.2) is 0 Å². The van der Waals surface area contributed by atoms with Gasteiger partial charge in [0.15, 0.2) is 9.84 Å². The molecule has 0 radical (unpaired) electrons. The van der Waals surface area contributed by atoms with Crippen molar-refractivity contribution in [1.82, 2.24) is 4.90 Å². The van der Waals surface area contributed by atoms with E-state index in [9.17, 15) is 22.0 Å². The van der Waals surface area contributed by atoms with Gasteiger partial charge in [-0.1, -0.05) is 6.42 Å². The fourth-order valence-corrected chi connectivity index (χ4v) is 4.77. The van der Waals surface area contributed by atoms with Crippen LogP contribution in [-0.2, 0) is 14.6 Å². The Hall–Kier alpha value is -0.720. The maximum atomic E-state index is 12.7. The van der Waals surface area contributed by atoms with E-state index >= 15 is 0 Å². The molecule has 4 nitrogen and oxygen atoms in total. The lowest BCUT2D eigenvalue weighted by atomic mass is 9.85. The molecule has 2 fully saturated rings. The lowest BCUT2D eigenvalue weighted by molar-refractivity contribution is -0.136. The Morgan fingerprint density at radius 1 is 1.35 bits per heavy atom. The molecule has 0 bridgehead atoms. The second-order valence-corrected chi connectivity index (χ2v) is 8.59. The zero-order valence-electron chi connectivity index (χ0n) is 11.6. The highest BCUT2D eigenvalue weighted by Gasteiger charge is 2.51. The first-order valence-electron chi connectivity index (χ1n) is 7.06. The molecule has 0 spiro atoms. The topological polar surface area (TPSA) is 54.5 Å². The minimum absolute atomic E-state index is 0.0266. The molecule has 2 rings (SSSR count). The molecule has 1 heterocycles. The Kier molecular flexibility index (Phi) is 4.37. The summed E-state index contributed by atoms with van der Waals surface area (Å²) in [5.74, 6) is -0.422. The average Bonchev–Trinajstić information content (AvgIpc) is 2.56. The predicted molar refractivity (Wildman–Crippen MR) is 71.4 cm³/mol. The van der Waals surface area contributed by atoms with E-state index in [4.69, 9.17) is 0 Å². The number of rotatable bonds is 5. The van der Waals surface area contributed by atoms with Crippen LogP contribution in [0.4, 0.5) is 8.78 Å². The second kappa shape index (κ2) is 5.58. The average molecular weight is 309 g/mol. The van der Waals surface area contributed by atoms with E-state index in [0.717, 1.165) is 24.2 Å². The van der Waals surface area contributed by atoms with Crippen LogP contribution >= 0.6 is 0 Å². The summed E-state index contributed by atoms with van der Waals surface area (Å²) in [7, 11) is -3.53. The molecule has 7 heteroatoms. The first-order valence-corrected chi connectivity index (χ1v) is 8.71. The van der Waals surface area contributed by atoms with E-state index in [2.05, 4.69) is 0 Å². The zero-order chi connectivity index (χ0) is 15.0. The number of carbonyl (C=O) groups is 1. The molecule has 0 aromatic carbocycles. The van der Waals surface area contributed by atoms with Gasteiger partial charge in [0.2, 0.25) is 5.91 Å². The molecule has 20 heavy (non-hydrogen) atoms. The van der Waals surface area contributed by atoms with E-state index in [1.807, 2.05) is 0 Å². The summed E-state index contributed by atoms with van der Waals surface area (Å²) in [6, 6.07) is 0. The van der Waals surface area contributed by atoms with E-state index in [1.54, 1.807) is 0 Å². The van der Waals surface area contributed by atoms with Crippen LogP contribution in [0.1, 0.15) is 39.0 Å². The normalized spacial score (nSPS) is 29.4. The summed E-state index contributed by atoms with van der Waals surface area (Å²) in [6.45, 7) is 0.978. The van der Waals surface area contributed by atoms with Crippen molar-refractivity contribution in [2.75, 3.05) is 18.8 Å². The van der Waals surface area contributed by atoms with Crippen LogP contribution < -0.4 is 0 Å². The number of nitrogens with zero attached hydrogens (tertiary/aromatic N) is 1. The molecule has 116 valence electrons. The molecule has 0 N–H and O–H groups in total. The first-order chi connectivity index (χ1) is 9.26. The van der Waals surface area contributed by atoms with E-state index < -0.39 is 33.5 Å².